The van der Waals surface area contributed by atoms with Crippen molar-refractivity contribution in [3.05, 3.63) is 0 Å². The van der Waals surface area contributed by atoms with E-state index in [0.29, 0.717) is 5.92 Å². The molecule has 0 aliphatic heterocycles. The maximum Gasteiger partial charge on any atom is 0.0802 e. The molecule has 2 radical (unpaired) electrons. The van der Waals surface area contributed by atoms with Crippen LogP contribution in [0.5, 0.6) is 0 Å². The van der Waals surface area contributed by atoms with Crippen molar-refractivity contribution in [3.63, 3.8) is 0 Å². The van der Waals surface area contributed by atoms with Crippen LogP contribution in [-0.2, 0) is 4.84 Å². The van der Waals surface area contributed by atoms with E-state index in [2.05, 4.69) is 18.7 Å². The van der Waals surface area contributed by atoms with Crippen molar-refractivity contribution in [3.8, 4) is 0 Å². The molecule has 1 atom stereocenters. The molecule has 0 aliphatic carbocycles. The fourth-order valence-corrected chi connectivity index (χ4v) is 0.707. The topological polar surface area (TPSA) is 31.5 Å². The summed E-state index contributed by atoms with van der Waals surface area (Å²) in [5.74, 6) is 8.68. The van der Waals surface area contributed by atoms with Gasteiger partial charge in [0.15, 0.2) is 0 Å². The summed E-state index contributed by atoms with van der Waals surface area (Å²) < 4.78 is 0. The van der Waals surface area contributed by atoms with Gasteiger partial charge in [0.2, 0.25) is 0 Å². The van der Waals surface area contributed by atoms with E-state index < -0.39 is 0 Å². The van der Waals surface area contributed by atoms with Crippen LogP contribution in [0.25, 0.3) is 0 Å². The molecule has 0 rings (SSSR count). The molecule has 2 nitrogen and oxygen atoms in total. The van der Waals surface area contributed by atoms with Gasteiger partial charge in [-0.25, -0.2) is 0 Å². The molecule has 2 heteroatoms. The second-order valence-electron chi connectivity index (χ2n) is 2.55. The summed E-state index contributed by atoms with van der Waals surface area (Å²) in [6, 6.07) is 0. The van der Waals surface area contributed by atoms with Gasteiger partial charge in [0, 0.05) is 5.90 Å². The van der Waals surface area contributed by atoms with E-state index in [9.17, 15) is 0 Å². The predicted octanol–water partition coefficient (Wildman–Crippen LogP) is 1.42. The van der Waals surface area contributed by atoms with Crippen molar-refractivity contribution in [2.45, 2.75) is 33.3 Å². The van der Waals surface area contributed by atoms with Crippen LogP contribution in [0.2, 0.25) is 0 Å². The van der Waals surface area contributed by atoms with E-state index >= 15 is 0 Å². The molecule has 1 unspecified atom stereocenters. The van der Waals surface area contributed by atoms with E-state index in [-0.39, 0.29) is 6.10 Å². The van der Waals surface area contributed by atoms with Crippen LogP contribution in [0, 0.1) is 5.92 Å². The fourth-order valence-electron chi connectivity index (χ4n) is 0.707. The molecule has 0 amide bonds. The number of hydrogen-bond acceptors (Lipinski definition) is 1. The highest BCUT2D eigenvalue weighted by molar-refractivity contribution is 4.51. The lowest BCUT2D eigenvalue weighted by atomic mass is 10.1. The van der Waals surface area contributed by atoms with Gasteiger partial charge in [-0.1, -0.05) is 13.8 Å². The van der Waals surface area contributed by atoms with Crippen LogP contribution in [-0.4, -0.2) is 6.10 Å². The van der Waals surface area contributed by atoms with Crippen molar-refractivity contribution >= 4 is 0 Å². The van der Waals surface area contributed by atoms with Crippen molar-refractivity contribution in [2.24, 2.45) is 5.92 Å². The molecule has 0 aromatic carbocycles. The molecule has 0 aliphatic rings. The largest absolute Gasteiger partial charge is 0.261 e. The van der Waals surface area contributed by atoms with Gasteiger partial charge in [0.1, 0.15) is 0 Å². The predicted molar refractivity (Wildman–Crippen MR) is 32.1 cm³/mol. The molecule has 0 heterocycles. The van der Waals surface area contributed by atoms with E-state index in [1.807, 2.05) is 6.92 Å². The quantitative estimate of drug-likeness (QED) is 0.512. The maximum absolute atomic E-state index is 8.08. The Hall–Kier alpha value is -0.0800. The van der Waals surface area contributed by atoms with Gasteiger partial charge < -0.3 is 0 Å². The highest BCUT2D eigenvalue weighted by atomic mass is 16.6. The van der Waals surface area contributed by atoms with Gasteiger partial charge in [0.25, 0.3) is 0 Å². The van der Waals surface area contributed by atoms with Crippen molar-refractivity contribution in [1.82, 2.24) is 5.90 Å². The van der Waals surface area contributed by atoms with Crippen molar-refractivity contribution in [2.75, 3.05) is 0 Å². The molecule has 0 aromatic heterocycles. The summed E-state index contributed by atoms with van der Waals surface area (Å²) in [6.07, 6.45) is 0.895. The molecule has 0 spiro atoms. The first kappa shape index (κ1) is 7.92. The molecular weight excluding hydrogens is 102 g/mol. The van der Waals surface area contributed by atoms with Crippen LogP contribution in [0.15, 0.2) is 0 Å². The Bertz CT molecular complexity index is 54.5. The molecule has 0 aromatic rings. The molecule has 0 fully saturated rings. The van der Waals surface area contributed by atoms with Crippen molar-refractivity contribution < 1.29 is 4.84 Å². The third-order valence-corrected chi connectivity index (χ3v) is 0.983. The zero-order chi connectivity index (χ0) is 6.57. The minimum Gasteiger partial charge on any atom is -0.261 e. The Kier molecular flexibility index (Phi) is 3.83. The molecule has 8 heavy (non-hydrogen) atoms. The Morgan fingerprint density at radius 2 is 1.88 bits per heavy atom. The lowest BCUT2D eigenvalue weighted by Crippen LogP contribution is -2.09. The molecule has 0 saturated heterocycles. The number of nitrogens with zero attached hydrogens (tertiary/aromatic N) is 1. The zero-order valence-electron chi connectivity index (χ0n) is 5.72. The highest BCUT2D eigenvalue weighted by Crippen LogP contribution is 2.04. The van der Waals surface area contributed by atoms with Gasteiger partial charge in [-0.3, -0.25) is 4.84 Å². The smallest absolute Gasteiger partial charge is 0.0802 e. The summed E-state index contributed by atoms with van der Waals surface area (Å²) in [7, 11) is 0. The first-order chi connectivity index (χ1) is 3.66. The van der Waals surface area contributed by atoms with E-state index in [1.165, 1.54) is 0 Å². The molecular formula is C6H13NO. The molecule has 0 N–H and O–H groups in total. The lowest BCUT2D eigenvalue weighted by molar-refractivity contribution is 0.0364. The third kappa shape index (κ3) is 4.09. The number of rotatable bonds is 3. The summed E-state index contributed by atoms with van der Waals surface area (Å²) in [5.41, 5.74) is 0. The third-order valence-electron chi connectivity index (χ3n) is 0.983. The lowest BCUT2D eigenvalue weighted by Gasteiger charge is -2.07. The Labute approximate surface area is 51.0 Å². The van der Waals surface area contributed by atoms with E-state index in [4.69, 9.17) is 5.90 Å². The standard InChI is InChI=1S/C6H13NO/c1-5(2)4-6(3)8-7/h5-6H,4H2,1-3H3. The fraction of sp³-hybridized carbons (Fsp3) is 1.00. The average Bonchev–Trinajstić information content (AvgIpc) is 1.65. The Balaban J connectivity index is 3.10. The molecule has 48 valence electrons. The Morgan fingerprint density at radius 1 is 1.38 bits per heavy atom. The summed E-state index contributed by atoms with van der Waals surface area (Å²) in [6.45, 7) is 6.03. The van der Waals surface area contributed by atoms with Crippen LogP contribution >= 0.6 is 0 Å². The van der Waals surface area contributed by atoms with Crippen LogP contribution in [0.4, 0.5) is 0 Å². The second-order valence-corrected chi connectivity index (χ2v) is 2.55. The highest BCUT2D eigenvalue weighted by Gasteiger charge is 2.02. The van der Waals surface area contributed by atoms with Gasteiger partial charge in [-0.05, 0) is 19.3 Å². The van der Waals surface area contributed by atoms with Crippen LogP contribution in [0.3, 0.4) is 0 Å². The molecule has 0 bridgehead atoms. The normalized spacial score (nSPS) is 14.6. The van der Waals surface area contributed by atoms with Gasteiger partial charge in [-0.15, -0.1) is 0 Å². The molecule has 0 saturated carbocycles. The monoisotopic (exact) mass is 115 g/mol. The van der Waals surface area contributed by atoms with Crippen LogP contribution in [0.1, 0.15) is 27.2 Å². The zero-order valence-corrected chi connectivity index (χ0v) is 5.72. The van der Waals surface area contributed by atoms with Gasteiger partial charge in [-0.2, -0.15) is 0 Å². The first-order valence-electron chi connectivity index (χ1n) is 2.97. The minimum atomic E-state index is -0.0185. The number of hydrogen-bond donors (Lipinski definition) is 0. The summed E-state index contributed by atoms with van der Waals surface area (Å²) >= 11 is 0. The van der Waals surface area contributed by atoms with E-state index in [1.54, 1.807) is 0 Å². The first-order valence-corrected chi connectivity index (χ1v) is 2.97. The van der Waals surface area contributed by atoms with Crippen molar-refractivity contribution in [1.29, 1.82) is 0 Å². The van der Waals surface area contributed by atoms with Gasteiger partial charge in [0.05, 0.1) is 6.10 Å². The average molecular weight is 115 g/mol. The summed E-state index contributed by atoms with van der Waals surface area (Å²) in [4.78, 5) is 4.06. The summed E-state index contributed by atoms with van der Waals surface area (Å²) in [5, 5.41) is 0. The second kappa shape index (κ2) is 3.87. The maximum atomic E-state index is 8.08. The SMILES string of the molecule is CC(C)CC(C)O[N]. The van der Waals surface area contributed by atoms with E-state index in [0.717, 1.165) is 6.42 Å². The minimum absolute atomic E-state index is 0.0185. The van der Waals surface area contributed by atoms with Crippen LogP contribution < -0.4 is 5.90 Å². The van der Waals surface area contributed by atoms with Gasteiger partial charge >= 0.3 is 0 Å². The Morgan fingerprint density at radius 3 is 2.00 bits per heavy atom.